The molecule has 0 aliphatic carbocycles. The average molecular weight is 408 g/mol. The van der Waals surface area contributed by atoms with Gasteiger partial charge in [-0.2, -0.15) is 0 Å². The Morgan fingerprint density at radius 3 is 2.48 bits per heavy atom. The summed E-state index contributed by atoms with van der Waals surface area (Å²) in [5, 5.41) is 6.41. The predicted molar refractivity (Wildman–Crippen MR) is 108 cm³/mol. The van der Waals surface area contributed by atoms with Crippen LogP contribution in [0.5, 0.6) is 0 Å². The summed E-state index contributed by atoms with van der Waals surface area (Å²) in [6.07, 6.45) is 3.27. The van der Waals surface area contributed by atoms with Gasteiger partial charge in [-0.25, -0.2) is 13.6 Å². The number of nitrogens with one attached hydrogen (secondary N) is 2. The maximum atomic E-state index is 13.8. The number of nitrogens with zero attached hydrogens (tertiary/aromatic N) is 2. The molecule has 2 atom stereocenters. The first kappa shape index (κ1) is 21.3. The van der Waals surface area contributed by atoms with Crippen LogP contribution in [0.25, 0.3) is 0 Å². The highest BCUT2D eigenvalue weighted by Crippen LogP contribution is 2.36. The summed E-state index contributed by atoms with van der Waals surface area (Å²) in [5.41, 5.74) is -0.267. The number of halogens is 2. The lowest BCUT2D eigenvalue weighted by Gasteiger charge is -2.40. The normalized spacial score (nSPS) is 24.4. The molecule has 0 spiro atoms. The van der Waals surface area contributed by atoms with E-state index < -0.39 is 17.2 Å². The first-order chi connectivity index (χ1) is 13.7. The molecule has 2 aliphatic rings. The second kappa shape index (κ2) is 8.55. The smallest absolute Gasteiger partial charge is 0.410 e. The van der Waals surface area contributed by atoms with Gasteiger partial charge in [0.15, 0.2) is 5.96 Å². The monoisotopic (exact) mass is 408 g/mol. The zero-order valence-electron chi connectivity index (χ0n) is 17.5. The number of aliphatic imine (C=N–C) groups is 1. The highest BCUT2D eigenvalue weighted by Gasteiger charge is 2.45. The minimum absolute atomic E-state index is 0.132. The molecule has 2 bridgehead atoms. The molecule has 2 heterocycles. The minimum atomic E-state index is -0.510. The van der Waals surface area contributed by atoms with Gasteiger partial charge in [0, 0.05) is 37.3 Å². The molecule has 2 aliphatic heterocycles. The first-order valence-corrected chi connectivity index (χ1v) is 10.1. The summed E-state index contributed by atoms with van der Waals surface area (Å²) in [7, 11) is 1.64. The molecule has 6 nitrogen and oxygen atoms in total. The van der Waals surface area contributed by atoms with Gasteiger partial charge in [-0.3, -0.25) is 4.99 Å². The zero-order chi connectivity index (χ0) is 21.2. The van der Waals surface area contributed by atoms with Crippen molar-refractivity contribution in [3.63, 3.8) is 0 Å². The van der Waals surface area contributed by atoms with E-state index in [-0.39, 0.29) is 36.3 Å². The summed E-state index contributed by atoms with van der Waals surface area (Å²) in [4.78, 5) is 18.6. The molecule has 8 heteroatoms. The van der Waals surface area contributed by atoms with E-state index in [2.05, 4.69) is 15.6 Å². The number of rotatable bonds is 3. The van der Waals surface area contributed by atoms with E-state index in [4.69, 9.17) is 4.74 Å². The van der Waals surface area contributed by atoms with Crippen molar-refractivity contribution < 1.29 is 18.3 Å². The Morgan fingerprint density at radius 2 is 1.90 bits per heavy atom. The van der Waals surface area contributed by atoms with Crippen LogP contribution in [0.2, 0.25) is 0 Å². The molecule has 2 fully saturated rings. The molecular weight excluding hydrogens is 378 g/mol. The molecule has 29 heavy (non-hydrogen) atoms. The van der Waals surface area contributed by atoms with E-state index in [1.807, 2.05) is 25.7 Å². The van der Waals surface area contributed by atoms with Crippen LogP contribution in [0.15, 0.2) is 23.2 Å². The van der Waals surface area contributed by atoms with E-state index >= 15 is 0 Å². The molecule has 0 saturated carbocycles. The number of ether oxygens (including phenoxy) is 1. The molecule has 2 unspecified atom stereocenters. The fraction of sp³-hybridized carbons (Fsp3) is 0.619. The molecule has 0 radical (unpaired) electrons. The third-order valence-corrected chi connectivity index (χ3v) is 5.36. The third kappa shape index (κ3) is 5.36. The third-order valence-electron chi connectivity index (χ3n) is 5.36. The van der Waals surface area contributed by atoms with E-state index in [0.29, 0.717) is 5.96 Å². The SMILES string of the molecule is CN=C(NCc1cc(F)ccc1F)NC1CC2CCC(C1)N2C(=O)OC(C)(C)C. The Labute approximate surface area is 170 Å². The van der Waals surface area contributed by atoms with Gasteiger partial charge in [-0.15, -0.1) is 0 Å². The summed E-state index contributed by atoms with van der Waals surface area (Å²) >= 11 is 0. The van der Waals surface area contributed by atoms with Crippen molar-refractivity contribution in [3.8, 4) is 0 Å². The summed E-state index contributed by atoms with van der Waals surface area (Å²) < 4.78 is 32.7. The highest BCUT2D eigenvalue weighted by atomic mass is 19.1. The Hall–Kier alpha value is -2.38. The summed E-state index contributed by atoms with van der Waals surface area (Å²) in [6.45, 7) is 5.75. The molecule has 3 rings (SSSR count). The van der Waals surface area contributed by atoms with E-state index in [0.717, 1.165) is 37.8 Å². The maximum absolute atomic E-state index is 13.8. The molecule has 2 N–H and O–H groups in total. The van der Waals surface area contributed by atoms with Gasteiger partial charge in [0.1, 0.15) is 17.2 Å². The number of hydrogen-bond donors (Lipinski definition) is 2. The van der Waals surface area contributed by atoms with Gasteiger partial charge in [-0.05, 0) is 64.7 Å². The molecule has 1 aromatic carbocycles. The standard InChI is InChI=1S/C21H30F2N4O2/c1-21(2,3)29-20(28)27-16-6-7-17(27)11-15(10-16)26-19(24-4)25-12-13-9-14(22)5-8-18(13)23/h5,8-9,15-17H,6-7,10-12H2,1-4H3,(H2,24,25,26). The summed E-state index contributed by atoms with van der Waals surface area (Å²) in [6, 6.07) is 3.82. The second-order valence-electron chi connectivity index (χ2n) is 8.75. The molecule has 1 amide bonds. The van der Waals surface area contributed by atoms with Crippen LogP contribution in [-0.4, -0.2) is 47.7 Å². The largest absolute Gasteiger partial charge is 0.444 e. The van der Waals surface area contributed by atoms with Gasteiger partial charge in [-0.1, -0.05) is 0 Å². The zero-order valence-corrected chi connectivity index (χ0v) is 17.5. The number of piperidine rings is 1. The fourth-order valence-corrected chi connectivity index (χ4v) is 4.15. The van der Waals surface area contributed by atoms with Crippen LogP contribution in [0.4, 0.5) is 13.6 Å². The summed E-state index contributed by atoms with van der Waals surface area (Å²) in [5.74, 6) is -0.404. The van der Waals surface area contributed by atoms with Crippen LogP contribution in [0.1, 0.15) is 52.0 Å². The van der Waals surface area contributed by atoms with Gasteiger partial charge in [0.25, 0.3) is 0 Å². The van der Waals surface area contributed by atoms with Crippen molar-refractivity contribution in [3.05, 3.63) is 35.4 Å². The number of carbonyl (C=O) groups is 1. The Morgan fingerprint density at radius 1 is 1.24 bits per heavy atom. The van der Waals surface area contributed by atoms with Crippen LogP contribution in [0.3, 0.4) is 0 Å². The van der Waals surface area contributed by atoms with Crippen LogP contribution < -0.4 is 10.6 Å². The van der Waals surface area contributed by atoms with E-state index in [9.17, 15) is 13.6 Å². The van der Waals surface area contributed by atoms with Crippen molar-refractivity contribution in [1.29, 1.82) is 0 Å². The van der Waals surface area contributed by atoms with Crippen LogP contribution in [-0.2, 0) is 11.3 Å². The van der Waals surface area contributed by atoms with Crippen molar-refractivity contribution in [2.24, 2.45) is 4.99 Å². The first-order valence-electron chi connectivity index (χ1n) is 10.1. The highest BCUT2D eigenvalue weighted by molar-refractivity contribution is 5.80. The Kier molecular flexibility index (Phi) is 6.29. The predicted octanol–water partition coefficient (Wildman–Crippen LogP) is 3.56. The average Bonchev–Trinajstić information content (AvgIpc) is 2.91. The topological polar surface area (TPSA) is 66.0 Å². The second-order valence-corrected chi connectivity index (χ2v) is 8.75. The van der Waals surface area contributed by atoms with Crippen molar-refractivity contribution in [2.75, 3.05) is 7.05 Å². The number of benzene rings is 1. The van der Waals surface area contributed by atoms with Gasteiger partial charge >= 0.3 is 6.09 Å². The van der Waals surface area contributed by atoms with Crippen LogP contribution >= 0.6 is 0 Å². The lowest BCUT2D eigenvalue weighted by Crippen LogP contribution is -2.54. The molecule has 0 aromatic heterocycles. The lowest BCUT2D eigenvalue weighted by atomic mass is 9.98. The minimum Gasteiger partial charge on any atom is -0.444 e. The Balaban J connectivity index is 1.56. The van der Waals surface area contributed by atoms with Gasteiger partial charge in [0.05, 0.1) is 0 Å². The van der Waals surface area contributed by atoms with Gasteiger partial charge in [0.2, 0.25) is 0 Å². The quantitative estimate of drug-likeness (QED) is 0.593. The van der Waals surface area contributed by atoms with Crippen molar-refractivity contribution >= 4 is 12.1 Å². The van der Waals surface area contributed by atoms with Crippen LogP contribution in [0, 0.1) is 11.6 Å². The van der Waals surface area contributed by atoms with E-state index in [1.165, 1.54) is 6.07 Å². The van der Waals surface area contributed by atoms with Gasteiger partial charge < -0.3 is 20.3 Å². The van der Waals surface area contributed by atoms with E-state index in [1.54, 1.807) is 7.05 Å². The molecule has 160 valence electrons. The molecule has 1 aromatic rings. The Bertz CT molecular complexity index is 764. The molecular formula is C21H30F2N4O2. The number of amides is 1. The van der Waals surface area contributed by atoms with Crippen molar-refractivity contribution in [1.82, 2.24) is 15.5 Å². The fourth-order valence-electron chi connectivity index (χ4n) is 4.15. The number of hydrogen-bond acceptors (Lipinski definition) is 3. The number of guanidine groups is 1. The van der Waals surface area contributed by atoms with Crippen molar-refractivity contribution in [2.45, 2.75) is 76.7 Å². The maximum Gasteiger partial charge on any atom is 0.410 e. The number of carbonyl (C=O) groups excluding carboxylic acids is 1. The lowest BCUT2D eigenvalue weighted by molar-refractivity contribution is 0.00545. The molecule has 2 saturated heterocycles. The number of fused-ring (bicyclic) bond motifs is 2.